The Balaban J connectivity index is 1.64. The minimum atomic E-state index is -1.24. The molecule has 2 aromatic rings. The monoisotopic (exact) mass is 591 g/mol. The van der Waals surface area contributed by atoms with Crippen molar-refractivity contribution in [3.05, 3.63) is 84.9 Å². The number of ether oxygens (including phenoxy) is 1. The molecule has 5 rings (SSSR count). The largest absolute Gasteiger partial charge is 0.394 e. The van der Waals surface area contributed by atoms with Crippen LogP contribution < -0.4 is 9.80 Å². The number of halogens is 1. The molecule has 0 radical (unpaired) electrons. The van der Waals surface area contributed by atoms with Gasteiger partial charge in [0, 0.05) is 18.8 Å². The summed E-state index contributed by atoms with van der Waals surface area (Å²) in [7, 11) is 0. The molecule has 0 aliphatic carbocycles. The van der Waals surface area contributed by atoms with Gasteiger partial charge in [-0.2, -0.15) is 0 Å². The number of carbonyl (C=O) groups is 3. The molecule has 3 amide bonds. The molecule has 3 aliphatic rings. The van der Waals surface area contributed by atoms with Crippen molar-refractivity contribution in [2.75, 3.05) is 29.5 Å². The van der Waals surface area contributed by atoms with E-state index < -0.39 is 35.1 Å². The summed E-state index contributed by atoms with van der Waals surface area (Å²) in [5, 5.41) is 10.6. The number of aliphatic hydroxyl groups is 1. The molecule has 1 N–H and O–H groups in total. The van der Waals surface area contributed by atoms with E-state index in [1.165, 1.54) is 9.80 Å². The molecule has 9 heteroatoms. The van der Waals surface area contributed by atoms with Crippen LogP contribution in [0.2, 0.25) is 5.02 Å². The van der Waals surface area contributed by atoms with Crippen LogP contribution in [-0.4, -0.2) is 70.7 Å². The normalized spacial score (nSPS) is 28.3. The number of benzene rings is 2. The average molecular weight is 592 g/mol. The van der Waals surface area contributed by atoms with Gasteiger partial charge in [-0.1, -0.05) is 61.0 Å². The summed E-state index contributed by atoms with van der Waals surface area (Å²) >= 11 is 6.54. The highest BCUT2D eigenvalue weighted by Crippen LogP contribution is 2.65. The maximum Gasteiger partial charge on any atom is 0.253 e. The smallest absolute Gasteiger partial charge is 0.253 e. The van der Waals surface area contributed by atoms with Gasteiger partial charge >= 0.3 is 0 Å². The summed E-state index contributed by atoms with van der Waals surface area (Å²) < 4.78 is 6.92. The van der Waals surface area contributed by atoms with Gasteiger partial charge in [-0.25, -0.2) is 0 Å². The number of hydrogen-bond acceptors (Lipinski definition) is 5. The quantitative estimate of drug-likeness (QED) is 0.385. The van der Waals surface area contributed by atoms with Crippen molar-refractivity contribution in [2.24, 2.45) is 11.8 Å². The molecule has 8 nitrogen and oxygen atoms in total. The topological polar surface area (TPSA) is 90.4 Å². The number of hydrogen-bond donors (Lipinski definition) is 1. The molecular formula is C33H38ClN3O5. The SMILES string of the molecule is C=CCN(C(=O)[C@H]1[C@H]2C(=O)N([C@H](C)CO)C(C(=O)N(CC=C)c3ccccc3Cl)C23CC[C@]1(CC)O3)c1ccccc1. The fourth-order valence-electron chi connectivity index (χ4n) is 7.35. The van der Waals surface area contributed by atoms with Crippen LogP contribution >= 0.6 is 11.6 Å². The zero-order valence-electron chi connectivity index (χ0n) is 24.1. The molecular weight excluding hydrogens is 554 g/mol. The van der Waals surface area contributed by atoms with Crippen molar-refractivity contribution in [3.8, 4) is 0 Å². The molecule has 2 bridgehead atoms. The van der Waals surface area contributed by atoms with Gasteiger partial charge in [-0.05, 0) is 50.5 Å². The minimum absolute atomic E-state index is 0.151. The number of rotatable bonds is 11. The molecule has 1 spiro atoms. The first-order chi connectivity index (χ1) is 20.2. The maximum atomic E-state index is 14.7. The van der Waals surface area contributed by atoms with Crippen molar-refractivity contribution in [3.63, 3.8) is 0 Å². The summed E-state index contributed by atoms with van der Waals surface area (Å²) in [6.45, 7) is 11.4. The Morgan fingerprint density at radius 3 is 2.33 bits per heavy atom. The molecule has 3 saturated heterocycles. The van der Waals surface area contributed by atoms with Crippen LogP contribution in [0, 0.1) is 11.8 Å². The lowest BCUT2D eigenvalue weighted by molar-refractivity contribution is -0.149. The molecule has 6 atom stereocenters. The molecule has 3 aliphatic heterocycles. The number of carbonyl (C=O) groups excluding carboxylic acids is 3. The molecule has 0 saturated carbocycles. The van der Waals surface area contributed by atoms with Gasteiger partial charge in [-0.3, -0.25) is 14.4 Å². The highest BCUT2D eigenvalue weighted by Gasteiger charge is 2.79. The number of nitrogens with zero attached hydrogens (tertiary/aromatic N) is 3. The van der Waals surface area contributed by atoms with Crippen LogP contribution in [0.4, 0.5) is 11.4 Å². The first kappa shape index (κ1) is 30.0. The first-order valence-corrected chi connectivity index (χ1v) is 14.9. The molecule has 3 heterocycles. The fraction of sp³-hybridized carbons (Fsp3) is 0.424. The third kappa shape index (κ3) is 4.48. The highest BCUT2D eigenvalue weighted by molar-refractivity contribution is 6.34. The first-order valence-electron chi connectivity index (χ1n) is 14.5. The Hall–Kier alpha value is -3.46. The van der Waals surface area contributed by atoms with Crippen LogP contribution in [0.5, 0.6) is 0 Å². The highest BCUT2D eigenvalue weighted by atomic mass is 35.5. The number of aliphatic hydroxyl groups excluding tert-OH is 1. The Morgan fingerprint density at radius 2 is 1.71 bits per heavy atom. The summed E-state index contributed by atoms with van der Waals surface area (Å²) in [5.41, 5.74) is -0.975. The lowest BCUT2D eigenvalue weighted by Crippen LogP contribution is -2.58. The summed E-state index contributed by atoms with van der Waals surface area (Å²) in [6, 6.07) is 14.6. The van der Waals surface area contributed by atoms with E-state index in [-0.39, 0.29) is 37.4 Å². The third-order valence-electron chi connectivity index (χ3n) is 9.22. The second kappa shape index (κ2) is 11.7. The minimum Gasteiger partial charge on any atom is -0.394 e. The van der Waals surface area contributed by atoms with Crippen molar-refractivity contribution in [2.45, 2.75) is 56.4 Å². The molecule has 222 valence electrons. The number of likely N-dealkylation sites (tertiary alicyclic amines) is 1. The average Bonchev–Trinajstić information content (AvgIpc) is 3.62. The lowest BCUT2D eigenvalue weighted by atomic mass is 9.64. The Kier molecular flexibility index (Phi) is 8.34. The van der Waals surface area contributed by atoms with Crippen LogP contribution in [-0.2, 0) is 19.1 Å². The van der Waals surface area contributed by atoms with E-state index in [2.05, 4.69) is 13.2 Å². The van der Waals surface area contributed by atoms with Gasteiger partial charge in [-0.15, -0.1) is 13.2 Å². The van der Waals surface area contributed by atoms with Crippen LogP contribution in [0.25, 0.3) is 0 Å². The summed E-state index contributed by atoms with van der Waals surface area (Å²) in [5.74, 6) is -2.68. The van der Waals surface area contributed by atoms with Gasteiger partial charge in [0.2, 0.25) is 11.8 Å². The second-order valence-electron chi connectivity index (χ2n) is 11.4. The number of anilines is 2. The predicted molar refractivity (Wildman–Crippen MR) is 163 cm³/mol. The Bertz CT molecular complexity index is 1380. The number of amides is 3. The van der Waals surface area contributed by atoms with E-state index >= 15 is 0 Å². The van der Waals surface area contributed by atoms with Crippen molar-refractivity contribution in [1.82, 2.24) is 4.90 Å². The molecule has 2 aromatic carbocycles. The van der Waals surface area contributed by atoms with Gasteiger partial charge in [0.1, 0.15) is 11.6 Å². The van der Waals surface area contributed by atoms with E-state index in [1.807, 2.05) is 37.3 Å². The van der Waals surface area contributed by atoms with Crippen molar-refractivity contribution < 1.29 is 24.2 Å². The standard InChI is InChI=1S/C33H38ClN3O5/c1-5-19-35(23-13-9-8-10-14-23)29(39)26-27-30(40)37(22(4)21-38)28(33(27)18-17-32(26,7-3)42-33)31(41)36(20-6-2)25-16-12-11-15-24(25)34/h5-6,8-16,22,26-28,38H,1-2,7,17-21H2,3-4H3/t22-,26-,27+,28?,32+,33?/m1/s1. The van der Waals surface area contributed by atoms with Gasteiger partial charge < -0.3 is 24.5 Å². The lowest BCUT2D eigenvalue weighted by Gasteiger charge is -2.39. The maximum absolute atomic E-state index is 14.7. The van der Waals surface area contributed by atoms with Gasteiger partial charge in [0.05, 0.1) is 40.8 Å². The number of fused-ring (bicyclic) bond motifs is 1. The van der Waals surface area contributed by atoms with Crippen LogP contribution in [0.1, 0.15) is 33.1 Å². The van der Waals surface area contributed by atoms with E-state index in [9.17, 15) is 19.5 Å². The van der Waals surface area contributed by atoms with Crippen LogP contribution in [0.3, 0.4) is 0 Å². The van der Waals surface area contributed by atoms with Crippen LogP contribution in [0.15, 0.2) is 79.9 Å². The van der Waals surface area contributed by atoms with Crippen molar-refractivity contribution in [1.29, 1.82) is 0 Å². The van der Waals surface area contributed by atoms with E-state index in [4.69, 9.17) is 16.3 Å². The Morgan fingerprint density at radius 1 is 1.07 bits per heavy atom. The second-order valence-corrected chi connectivity index (χ2v) is 11.8. The number of para-hydroxylation sites is 2. The Labute approximate surface area is 252 Å². The molecule has 42 heavy (non-hydrogen) atoms. The predicted octanol–water partition coefficient (Wildman–Crippen LogP) is 4.61. The summed E-state index contributed by atoms with van der Waals surface area (Å²) in [4.78, 5) is 48.3. The van der Waals surface area contributed by atoms with E-state index in [0.29, 0.717) is 35.7 Å². The van der Waals surface area contributed by atoms with Crippen molar-refractivity contribution >= 4 is 40.7 Å². The van der Waals surface area contributed by atoms with Gasteiger partial charge in [0.25, 0.3) is 5.91 Å². The molecule has 0 aromatic heterocycles. The zero-order chi connectivity index (χ0) is 30.2. The van der Waals surface area contributed by atoms with E-state index in [0.717, 1.165) is 0 Å². The summed E-state index contributed by atoms with van der Waals surface area (Å²) in [6.07, 6.45) is 4.73. The van der Waals surface area contributed by atoms with Gasteiger partial charge in [0.15, 0.2) is 0 Å². The molecule has 3 fully saturated rings. The zero-order valence-corrected chi connectivity index (χ0v) is 24.9. The third-order valence-corrected chi connectivity index (χ3v) is 9.54. The fourth-order valence-corrected chi connectivity index (χ4v) is 7.59. The van der Waals surface area contributed by atoms with E-state index in [1.54, 1.807) is 48.2 Å². The molecule has 2 unspecified atom stereocenters.